The monoisotopic (exact) mass is 290 g/mol. The molecular weight excluding hydrogens is 280 g/mol. The number of aromatic nitrogens is 2. The zero-order chi connectivity index (χ0) is 14.2. The zero-order valence-electron chi connectivity index (χ0n) is 11.0. The third kappa shape index (κ3) is 1.92. The fourth-order valence-corrected chi connectivity index (χ4v) is 3.13. The van der Waals surface area contributed by atoms with Crippen LogP contribution in [0.3, 0.4) is 0 Å². The van der Waals surface area contributed by atoms with Crippen molar-refractivity contribution in [2.75, 3.05) is 0 Å². The van der Waals surface area contributed by atoms with E-state index < -0.39 is 0 Å². The number of hydrogen-bond acceptors (Lipinski definition) is 4. The first-order chi connectivity index (χ1) is 10.3. The van der Waals surface area contributed by atoms with Crippen molar-refractivity contribution in [1.29, 1.82) is 0 Å². The lowest BCUT2D eigenvalue weighted by molar-refractivity contribution is 0.103. The van der Waals surface area contributed by atoms with Gasteiger partial charge in [-0.15, -0.1) is 0 Å². The minimum atomic E-state index is -0.0565. The standard InChI is InChI=1S/C17H10N2OS/c20-17(11-6-8-21-10-11)16-14-9-19-15-4-2-1-3-13(15)12(14)5-7-18-16/h1-10H. The third-order valence-corrected chi connectivity index (χ3v) is 4.20. The van der Waals surface area contributed by atoms with Crippen molar-refractivity contribution < 1.29 is 4.79 Å². The van der Waals surface area contributed by atoms with Gasteiger partial charge in [-0.2, -0.15) is 11.3 Å². The highest BCUT2D eigenvalue weighted by molar-refractivity contribution is 7.08. The number of ketones is 1. The average molecular weight is 290 g/mol. The molecule has 4 rings (SSSR count). The fourth-order valence-electron chi connectivity index (χ4n) is 2.50. The largest absolute Gasteiger partial charge is 0.287 e. The van der Waals surface area contributed by atoms with Gasteiger partial charge in [-0.1, -0.05) is 18.2 Å². The van der Waals surface area contributed by atoms with Crippen molar-refractivity contribution in [2.24, 2.45) is 0 Å². The van der Waals surface area contributed by atoms with Crippen molar-refractivity contribution in [3.05, 3.63) is 70.8 Å². The molecular formula is C17H10N2OS. The van der Waals surface area contributed by atoms with Gasteiger partial charge >= 0.3 is 0 Å². The van der Waals surface area contributed by atoms with Crippen LogP contribution in [0.25, 0.3) is 21.7 Å². The Morgan fingerprint density at radius 3 is 2.71 bits per heavy atom. The lowest BCUT2D eigenvalue weighted by Crippen LogP contribution is -2.04. The van der Waals surface area contributed by atoms with Gasteiger partial charge in [0.15, 0.2) is 0 Å². The summed E-state index contributed by atoms with van der Waals surface area (Å²) in [5, 5.41) is 6.59. The molecule has 0 aliphatic heterocycles. The minimum Gasteiger partial charge on any atom is -0.287 e. The van der Waals surface area contributed by atoms with Crippen LogP contribution in [0.5, 0.6) is 0 Å². The van der Waals surface area contributed by atoms with E-state index in [-0.39, 0.29) is 5.78 Å². The number of carbonyl (C=O) groups is 1. The molecule has 0 N–H and O–H groups in total. The number of rotatable bonds is 2. The normalized spacial score (nSPS) is 11.0. The summed E-state index contributed by atoms with van der Waals surface area (Å²) in [5.74, 6) is -0.0565. The van der Waals surface area contributed by atoms with Crippen LogP contribution in [-0.4, -0.2) is 15.8 Å². The van der Waals surface area contributed by atoms with Crippen LogP contribution in [0.15, 0.2) is 59.6 Å². The second-order valence-electron chi connectivity index (χ2n) is 4.74. The number of nitrogens with zero attached hydrogens (tertiary/aromatic N) is 2. The molecule has 4 aromatic rings. The zero-order valence-corrected chi connectivity index (χ0v) is 11.8. The van der Waals surface area contributed by atoms with E-state index in [0.29, 0.717) is 11.3 Å². The molecule has 3 nitrogen and oxygen atoms in total. The van der Waals surface area contributed by atoms with E-state index >= 15 is 0 Å². The highest BCUT2D eigenvalue weighted by Gasteiger charge is 2.15. The quantitative estimate of drug-likeness (QED) is 0.413. The molecule has 0 radical (unpaired) electrons. The summed E-state index contributed by atoms with van der Waals surface area (Å²) in [6.45, 7) is 0. The SMILES string of the molecule is O=C(c1ccsc1)c1nccc2c1cnc1ccccc12. The molecule has 0 bridgehead atoms. The Morgan fingerprint density at radius 2 is 1.86 bits per heavy atom. The molecule has 0 aliphatic rings. The van der Waals surface area contributed by atoms with E-state index in [9.17, 15) is 4.79 Å². The molecule has 0 saturated carbocycles. The lowest BCUT2D eigenvalue weighted by atomic mass is 10.0. The molecule has 3 aromatic heterocycles. The molecule has 100 valence electrons. The van der Waals surface area contributed by atoms with Crippen LogP contribution in [0.1, 0.15) is 16.1 Å². The van der Waals surface area contributed by atoms with Crippen molar-refractivity contribution in [3.63, 3.8) is 0 Å². The molecule has 3 heterocycles. The number of carbonyl (C=O) groups excluding carboxylic acids is 1. The summed E-state index contributed by atoms with van der Waals surface area (Å²) in [5.41, 5.74) is 2.06. The van der Waals surface area contributed by atoms with Gasteiger partial charge in [0.1, 0.15) is 5.69 Å². The van der Waals surface area contributed by atoms with Crippen LogP contribution in [0.4, 0.5) is 0 Å². The highest BCUT2D eigenvalue weighted by atomic mass is 32.1. The van der Waals surface area contributed by atoms with E-state index in [0.717, 1.165) is 21.7 Å². The van der Waals surface area contributed by atoms with Gasteiger partial charge in [0.25, 0.3) is 0 Å². The Kier molecular flexibility index (Phi) is 2.75. The first-order valence-corrected chi connectivity index (χ1v) is 7.48. The summed E-state index contributed by atoms with van der Waals surface area (Å²) >= 11 is 1.51. The summed E-state index contributed by atoms with van der Waals surface area (Å²) in [4.78, 5) is 21.3. The molecule has 0 atom stereocenters. The maximum Gasteiger partial charge on any atom is 0.212 e. The molecule has 1 aromatic carbocycles. The van der Waals surface area contributed by atoms with Crippen molar-refractivity contribution in [1.82, 2.24) is 9.97 Å². The number of hydrogen-bond donors (Lipinski definition) is 0. The molecule has 0 fully saturated rings. The van der Waals surface area contributed by atoms with Crippen LogP contribution in [0, 0.1) is 0 Å². The van der Waals surface area contributed by atoms with Crippen molar-refractivity contribution >= 4 is 38.8 Å². The highest BCUT2D eigenvalue weighted by Crippen LogP contribution is 2.26. The van der Waals surface area contributed by atoms with Crippen LogP contribution < -0.4 is 0 Å². The summed E-state index contributed by atoms with van der Waals surface area (Å²) < 4.78 is 0. The van der Waals surface area contributed by atoms with Gasteiger partial charge in [0.2, 0.25) is 5.78 Å². The first kappa shape index (κ1) is 12.2. The molecule has 0 saturated heterocycles. The molecule has 0 unspecified atom stereocenters. The first-order valence-electron chi connectivity index (χ1n) is 6.54. The average Bonchev–Trinajstić information content (AvgIpc) is 3.08. The topological polar surface area (TPSA) is 42.9 Å². The van der Waals surface area contributed by atoms with Crippen LogP contribution in [0.2, 0.25) is 0 Å². The Bertz CT molecular complexity index is 961. The second kappa shape index (κ2) is 4.75. The molecule has 0 spiro atoms. The van der Waals surface area contributed by atoms with E-state index in [2.05, 4.69) is 9.97 Å². The van der Waals surface area contributed by atoms with Gasteiger partial charge in [-0.05, 0) is 29.0 Å². The smallest absolute Gasteiger partial charge is 0.212 e. The van der Waals surface area contributed by atoms with E-state index in [1.54, 1.807) is 12.4 Å². The second-order valence-corrected chi connectivity index (χ2v) is 5.52. The van der Waals surface area contributed by atoms with E-state index in [1.807, 2.05) is 47.2 Å². The van der Waals surface area contributed by atoms with Crippen LogP contribution in [-0.2, 0) is 0 Å². The van der Waals surface area contributed by atoms with Crippen molar-refractivity contribution in [3.8, 4) is 0 Å². The van der Waals surface area contributed by atoms with Gasteiger partial charge in [-0.3, -0.25) is 14.8 Å². The molecule has 0 amide bonds. The Hall–Kier alpha value is -2.59. The van der Waals surface area contributed by atoms with Crippen LogP contribution >= 0.6 is 11.3 Å². The molecule has 21 heavy (non-hydrogen) atoms. The number of para-hydroxylation sites is 1. The number of thiophene rings is 1. The number of fused-ring (bicyclic) bond motifs is 3. The van der Waals surface area contributed by atoms with Gasteiger partial charge < -0.3 is 0 Å². The summed E-state index contributed by atoms with van der Waals surface area (Å²) in [7, 11) is 0. The minimum absolute atomic E-state index is 0.0565. The van der Waals surface area contributed by atoms with Gasteiger partial charge in [-0.25, -0.2) is 0 Å². The van der Waals surface area contributed by atoms with Crippen molar-refractivity contribution in [2.45, 2.75) is 0 Å². The Balaban J connectivity index is 2.03. The van der Waals surface area contributed by atoms with Gasteiger partial charge in [0.05, 0.1) is 5.52 Å². The predicted octanol–water partition coefficient (Wildman–Crippen LogP) is 4.08. The molecule has 0 aliphatic carbocycles. The Morgan fingerprint density at radius 1 is 0.952 bits per heavy atom. The predicted molar refractivity (Wildman–Crippen MR) is 84.8 cm³/mol. The summed E-state index contributed by atoms with van der Waals surface area (Å²) in [6.07, 6.45) is 3.43. The van der Waals surface area contributed by atoms with E-state index in [1.165, 1.54) is 11.3 Å². The summed E-state index contributed by atoms with van der Waals surface area (Å²) in [6, 6.07) is 11.7. The Labute approximate surface area is 124 Å². The van der Waals surface area contributed by atoms with Gasteiger partial charge in [0, 0.05) is 34.1 Å². The van der Waals surface area contributed by atoms with E-state index in [4.69, 9.17) is 0 Å². The number of benzene rings is 1. The third-order valence-electron chi connectivity index (χ3n) is 3.52. The molecule has 4 heteroatoms. The maximum absolute atomic E-state index is 12.6. The number of pyridine rings is 2. The fraction of sp³-hybridized carbons (Fsp3) is 0. The lowest BCUT2D eigenvalue weighted by Gasteiger charge is -2.06. The maximum atomic E-state index is 12.6.